The van der Waals surface area contributed by atoms with E-state index in [1.54, 1.807) is 10.9 Å². The molecule has 0 spiro atoms. The van der Waals surface area contributed by atoms with Gasteiger partial charge in [0.25, 0.3) is 5.56 Å². The van der Waals surface area contributed by atoms with Crippen LogP contribution in [0, 0.1) is 0 Å². The van der Waals surface area contributed by atoms with Gasteiger partial charge in [0.2, 0.25) is 11.9 Å². The van der Waals surface area contributed by atoms with Crippen LogP contribution in [0.25, 0.3) is 11.2 Å². The standard InChI is InChI=1S/C12H15N5O3/c1-7(18)14-12-15-10-9(11(19)16-12)17(6-13-10)8-4-2-3-5-20-8/h6,8H,2-5H2,1H3,(H2,14,15,16,18,19). The Morgan fingerprint density at radius 2 is 2.40 bits per heavy atom. The number of carbonyl (C=O) groups is 1. The van der Waals surface area contributed by atoms with E-state index in [9.17, 15) is 9.59 Å². The molecule has 3 heterocycles. The van der Waals surface area contributed by atoms with E-state index < -0.39 is 0 Å². The number of aromatic amines is 1. The smallest absolute Gasteiger partial charge is 0.278 e. The molecular formula is C12H15N5O3. The summed E-state index contributed by atoms with van der Waals surface area (Å²) in [7, 11) is 0. The molecule has 0 aromatic carbocycles. The summed E-state index contributed by atoms with van der Waals surface area (Å²) in [6.45, 7) is 2.03. The highest BCUT2D eigenvalue weighted by Crippen LogP contribution is 2.24. The second kappa shape index (κ2) is 5.04. The van der Waals surface area contributed by atoms with Crippen molar-refractivity contribution in [3.8, 4) is 0 Å². The number of hydrogen-bond acceptors (Lipinski definition) is 5. The van der Waals surface area contributed by atoms with Crippen LogP contribution in [0.4, 0.5) is 5.95 Å². The van der Waals surface area contributed by atoms with Crippen LogP contribution in [0.5, 0.6) is 0 Å². The molecule has 0 radical (unpaired) electrons. The summed E-state index contributed by atoms with van der Waals surface area (Å²) in [6.07, 6.45) is 4.31. The summed E-state index contributed by atoms with van der Waals surface area (Å²) in [5.74, 6) is -0.202. The van der Waals surface area contributed by atoms with Gasteiger partial charge in [-0.1, -0.05) is 0 Å². The van der Waals surface area contributed by atoms with Crippen molar-refractivity contribution in [3.63, 3.8) is 0 Å². The number of nitrogens with one attached hydrogen (secondary N) is 2. The molecule has 1 amide bonds. The number of hydrogen-bond donors (Lipinski definition) is 2. The Hall–Kier alpha value is -2.22. The van der Waals surface area contributed by atoms with Crippen LogP contribution in [0.3, 0.4) is 0 Å². The number of amides is 1. The van der Waals surface area contributed by atoms with E-state index in [1.807, 2.05) is 0 Å². The number of anilines is 1. The number of H-pyrrole nitrogens is 1. The SMILES string of the molecule is CC(=O)Nc1nc2ncn(C3CCCCO3)c2c(=O)[nH]1. The molecule has 1 aliphatic rings. The van der Waals surface area contributed by atoms with Gasteiger partial charge in [-0.15, -0.1) is 0 Å². The first-order chi connectivity index (χ1) is 9.65. The summed E-state index contributed by atoms with van der Waals surface area (Å²) in [6, 6.07) is 0. The molecular weight excluding hydrogens is 262 g/mol. The molecule has 2 aromatic heterocycles. The second-order valence-electron chi connectivity index (χ2n) is 4.74. The van der Waals surface area contributed by atoms with Crippen LogP contribution in [-0.2, 0) is 9.53 Å². The lowest BCUT2D eigenvalue weighted by atomic mass is 10.2. The van der Waals surface area contributed by atoms with E-state index in [1.165, 1.54) is 6.92 Å². The van der Waals surface area contributed by atoms with E-state index in [4.69, 9.17) is 4.74 Å². The molecule has 3 rings (SSSR count). The molecule has 2 N–H and O–H groups in total. The minimum atomic E-state index is -0.342. The highest BCUT2D eigenvalue weighted by molar-refractivity contribution is 5.87. The van der Waals surface area contributed by atoms with Crippen molar-refractivity contribution in [1.82, 2.24) is 19.5 Å². The molecule has 0 bridgehead atoms. The zero-order valence-corrected chi connectivity index (χ0v) is 11.0. The van der Waals surface area contributed by atoms with E-state index in [0.29, 0.717) is 17.8 Å². The summed E-state index contributed by atoms with van der Waals surface area (Å²) < 4.78 is 7.36. The Bertz CT molecular complexity index is 699. The second-order valence-corrected chi connectivity index (χ2v) is 4.74. The fourth-order valence-electron chi connectivity index (χ4n) is 2.34. The average molecular weight is 277 g/mol. The van der Waals surface area contributed by atoms with E-state index in [2.05, 4.69) is 20.3 Å². The molecule has 0 aliphatic carbocycles. The first kappa shape index (κ1) is 12.8. The van der Waals surface area contributed by atoms with Crippen molar-refractivity contribution in [3.05, 3.63) is 16.7 Å². The van der Waals surface area contributed by atoms with Crippen molar-refractivity contribution in [1.29, 1.82) is 0 Å². The number of aromatic nitrogens is 4. The minimum Gasteiger partial charge on any atom is -0.358 e. The zero-order valence-electron chi connectivity index (χ0n) is 11.0. The van der Waals surface area contributed by atoms with Gasteiger partial charge >= 0.3 is 0 Å². The van der Waals surface area contributed by atoms with Gasteiger partial charge in [-0.2, -0.15) is 4.98 Å². The molecule has 1 unspecified atom stereocenters. The maximum Gasteiger partial charge on any atom is 0.278 e. The third kappa shape index (κ3) is 2.29. The Morgan fingerprint density at radius 3 is 3.10 bits per heavy atom. The number of carbonyl (C=O) groups excluding carboxylic acids is 1. The number of rotatable bonds is 2. The number of nitrogens with zero attached hydrogens (tertiary/aromatic N) is 3. The predicted molar refractivity (Wildman–Crippen MR) is 71.3 cm³/mol. The average Bonchev–Trinajstić information content (AvgIpc) is 2.83. The lowest BCUT2D eigenvalue weighted by molar-refractivity contribution is -0.114. The van der Waals surface area contributed by atoms with Gasteiger partial charge in [-0.05, 0) is 19.3 Å². The van der Waals surface area contributed by atoms with Crippen molar-refractivity contribution in [2.45, 2.75) is 32.4 Å². The highest BCUT2D eigenvalue weighted by atomic mass is 16.5. The van der Waals surface area contributed by atoms with Gasteiger partial charge in [0.1, 0.15) is 6.23 Å². The fraction of sp³-hybridized carbons (Fsp3) is 0.500. The first-order valence-electron chi connectivity index (χ1n) is 6.51. The van der Waals surface area contributed by atoms with Crippen molar-refractivity contribution < 1.29 is 9.53 Å². The summed E-state index contributed by atoms with van der Waals surface area (Å²) in [4.78, 5) is 33.9. The maximum atomic E-state index is 12.1. The monoisotopic (exact) mass is 277 g/mol. The highest BCUT2D eigenvalue weighted by Gasteiger charge is 2.20. The zero-order chi connectivity index (χ0) is 14.1. The molecule has 0 saturated carbocycles. The van der Waals surface area contributed by atoms with Crippen LogP contribution < -0.4 is 10.9 Å². The summed E-state index contributed by atoms with van der Waals surface area (Å²) in [5, 5.41) is 2.44. The Morgan fingerprint density at radius 1 is 1.55 bits per heavy atom. The van der Waals surface area contributed by atoms with Crippen molar-refractivity contribution >= 4 is 23.0 Å². The van der Waals surface area contributed by atoms with Crippen molar-refractivity contribution in [2.24, 2.45) is 0 Å². The van der Waals surface area contributed by atoms with Gasteiger partial charge in [0.15, 0.2) is 11.2 Å². The topological polar surface area (TPSA) is 102 Å². The molecule has 1 saturated heterocycles. The molecule has 8 nitrogen and oxygen atoms in total. The largest absolute Gasteiger partial charge is 0.358 e. The maximum absolute atomic E-state index is 12.1. The lowest BCUT2D eigenvalue weighted by Crippen LogP contribution is -2.22. The quantitative estimate of drug-likeness (QED) is 0.844. The minimum absolute atomic E-state index is 0.102. The van der Waals surface area contributed by atoms with Crippen LogP contribution in [-0.4, -0.2) is 32.0 Å². The first-order valence-corrected chi connectivity index (χ1v) is 6.51. The number of fused-ring (bicyclic) bond motifs is 1. The van der Waals surface area contributed by atoms with E-state index in [-0.39, 0.29) is 23.6 Å². The number of imidazole rings is 1. The van der Waals surface area contributed by atoms with Crippen molar-refractivity contribution in [2.75, 3.05) is 11.9 Å². The molecule has 1 fully saturated rings. The third-order valence-corrected chi connectivity index (χ3v) is 3.20. The third-order valence-electron chi connectivity index (χ3n) is 3.20. The molecule has 20 heavy (non-hydrogen) atoms. The normalized spacial score (nSPS) is 19.1. The van der Waals surface area contributed by atoms with Crippen LogP contribution >= 0.6 is 0 Å². The van der Waals surface area contributed by atoms with Gasteiger partial charge < -0.3 is 4.74 Å². The summed E-state index contributed by atoms with van der Waals surface area (Å²) in [5.41, 5.74) is 0.322. The van der Waals surface area contributed by atoms with E-state index in [0.717, 1.165) is 19.3 Å². The molecule has 106 valence electrons. The molecule has 8 heteroatoms. The van der Waals surface area contributed by atoms with E-state index >= 15 is 0 Å². The van der Waals surface area contributed by atoms with Crippen LogP contribution in [0.1, 0.15) is 32.4 Å². The molecule has 1 atom stereocenters. The molecule has 2 aromatic rings. The van der Waals surface area contributed by atoms with Crippen LogP contribution in [0.2, 0.25) is 0 Å². The summed E-state index contributed by atoms with van der Waals surface area (Å²) >= 11 is 0. The van der Waals surface area contributed by atoms with Crippen LogP contribution in [0.15, 0.2) is 11.1 Å². The van der Waals surface area contributed by atoms with Gasteiger partial charge in [-0.25, -0.2) is 4.98 Å². The number of ether oxygens (including phenoxy) is 1. The van der Waals surface area contributed by atoms with Gasteiger partial charge in [0.05, 0.1) is 6.33 Å². The fourth-order valence-corrected chi connectivity index (χ4v) is 2.34. The van der Waals surface area contributed by atoms with Gasteiger partial charge in [0, 0.05) is 13.5 Å². The Kier molecular flexibility index (Phi) is 3.23. The Balaban J connectivity index is 2.04. The molecule has 1 aliphatic heterocycles. The lowest BCUT2D eigenvalue weighted by Gasteiger charge is -2.23. The predicted octanol–water partition coefficient (Wildman–Crippen LogP) is 0.777. The van der Waals surface area contributed by atoms with Gasteiger partial charge in [-0.3, -0.25) is 24.5 Å². The Labute approximate surface area is 114 Å².